The van der Waals surface area contributed by atoms with Gasteiger partial charge >= 0.3 is 5.97 Å². The number of hydrogen-bond acceptors (Lipinski definition) is 2. The molecule has 0 bridgehead atoms. The third-order valence-electron chi connectivity index (χ3n) is 1.48. The minimum Gasteiger partial charge on any atom is -0.427 e. The van der Waals surface area contributed by atoms with Gasteiger partial charge in [-0.25, -0.2) is 0 Å². The quantitative estimate of drug-likeness (QED) is 0.493. The highest BCUT2D eigenvalue weighted by Crippen LogP contribution is 2.12. The number of rotatable bonds is 2. The fraction of sp³-hybridized carbons (Fsp3) is 0.200. The van der Waals surface area contributed by atoms with Gasteiger partial charge < -0.3 is 4.74 Å². The van der Waals surface area contributed by atoms with Crippen LogP contribution in [0.4, 0.5) is 0 Å². The van der Waals surface area contributed by atoms with E-state index in [2.05, 4.69) is 0 Å². The molecule has 0 atom stereocenters. The summed E-state index contributed by atoms with van der Waals surface area (Å²) in [5, 5.41) is 0. The lowest BCUT2D eigenvalue weighted by Gasteiger charge is -2.00. The van der Waals surface area contributed by atoms with Crippen molar-refractivity contribution in [3.63, 3.8) is 0 Å². The lowest BCUT2D eigenvalue weighted by Crippen LogP contribution is -2.00. The van der Waals surface area contributed by atoms with Crippen molar-refractivity contribution >= 4 is 5.97 Å². The second-order valence-electron chi connectivity index (χ2n) is 2.45. The van der Waals surface area contributed by atoms with E-state index >= 15 is 0 Å². The first-order chi connectivity index (χ1) is 5.72. The van der Waals surface area contributed by atoms with Gasteiger partial charge in [-0.15, -0.1) is 0 Å². The van der Waals surface area contributed by atoms with Crippen molar-refractivity contribution in [2.45, 2.75) is 13.8 Å². The Bertz CT molecular complexity index is 262. The fourth-order valence-corrected chi connectivity index (χ4v) is 0.894. The topological polar surface area (TPSA) is 26.3 Å². The molecule has 1 rings (SSSR count). The summed E-state index contributed by atoms with van der Waals surface area (Å²) >= 11 is 0. The van der Waals surface area contributed by atoms with E-state index in [4.69, 9.17) is 4.74 Å². The van der Waals surface area contributed by atoms with Gasteiger partial charge in [0, 0.05) is 6.92 Å². The molecule has 0 aliphatic heterocycles. The summed E-state index contributed by atoms with van der Waals surface area (Å²) in [6.45, 7) is 3.35. The molecule has 2 heteroatoms. The number of ether oxygens (including phenoxy) is 1. The summed E-state index contributed by atoms with van der Waals surface area (Å²) in [5.41, 5.74) is 1.12. The lowest BCUT2D eigenvalue weighted by atomic mass is 10.2. The average molecular weight is 163 g/mol. The Morgan fingerprint density at radius 3 is 2.33 bits per heavy atom. The first-order valence-corrected chi connectivity index (χ1v) is 3.80. The van der Waals surface area contributed by atoms with Crippen LogP contribution >= 0.6 is 0 Å². The molecule has 0 spiro atoms. The zero-order valence-electron chi connectivity index (χ0n) is 7.20. The largest absolute Gasteiger partial charge is 0.427 e. The van der Waals surface area contributed by atoms with Gasteiger partial charge in [0.25, 0.3) is 0 Å². The molecule has 0 aliphatic rings. The highest BCUT2D eigenvalue weighted by Gasteiger charge is 1.96. The van der Waals surface area contributed by atoms with E-state index in [0.717, 1.165) is 5.56 Å². The molecule has 0 aromatic heterocycles. The van der Waals surface area contributed by atoms with E-state index in [1.807, 2.05) is 25.5 Å². The molecule has 0 fully saturated rings. The standard InChI is InChI=1S/C10H11O2/c1-3-9-4-6-10(7-5-9)12-8(2)11/h3-7H,1-2H3. The monoisotopic (exact) mass is 163 g/mol. The van der Waals surface area contributed by atoms with Crippen molar-refractivity contribution in [2.24, 2.45) is 0 Å². The molecule has 0 saturated heterocycles. The average Bonchev–Trinajstić information content (AvgIpc) is 2.05. The van der Waals surface area contributed by atoms with Crippen LogP contribution in [0.1, 0.15) is 19.4 Å². The first kappa shape index (κ1) is 8.78. The van der Waals surface area contributed by atoms with Gasteiger partial charge in [0.2, 0.25) is 0 Å². The lowest BCUT2D eigenvalue weighted by molar-refractivity contribution is -0.131. The Morgan fingerprint density at radius 2 is 1.92 bits per heavy atom. The maximum Gasteiger partial charge on any atom is 0.308 e. The summed E-state index contributed by atoms with van der Waals surface area (Å²) in [6.07, 6.45) is 1.98. The smallest absolute Gasteiger partial charge is 0.308 e. The molecule has 0 heterocycles. The van der Waals surface area contributed by atoms with Crippen LogP contribution in [0.2, 0.25) is 0 Å². The Kier molecular flexibility index (Phi) is 2.86. The van der Waals surface area contributed by atoms with Crippen molar-refractivity contribution in [3.8, 4) is 5.75 Å². The molecular weight excluding hydrogens is 152 g/mol. The van der Waals surface area contributed by atoms with Gasteiger partial charge in [-0.05, 0) is 24.1 Å². The predicted octanol–water partition coefficient (Wildman–Crippen LogP) is 2.18. The molecule has 0 unspecified atom stereocenters. The maximum absolute atomic E-state index is 10.5. The summed E-state index contributed by atoms with van der Waals surface area (Å²) in [7, 11) is 0. The summed E-state index contributed by atoms with van der Waals surface area (Å²) in [4.78, 5) is 10.5. The number of hydrogen-bond donors (Lipinski definition) is 0. The minimum atomic E-state index is -0.289. The van der Waals surface area contributed by atoms with Gasteiger partial charge in [0.15, 0.2) is 0 Å². The van der Waals surface area contributed by atoms with Crippen molar-refractivity contribution in [1.29, 1.82) is 0 Å². The molecule has 1 radical (unpaired) electrons. The van der Waals surface area contributed by atoms with Gasteiger partial charge in [-0.2, -0.15) is 0 Å². The molecule has 0 N–H and O–H groups in total. The van der Waals surface area contributed by atoms with Crippen LogP contribution in [0.15, 0.2) is 24.3 Å². The van der Waals surface area contributed by atoms with Crippen molar-refractivity contribution in [3.05, 3.63) is 36.2 Å². The van der Waals surface area contributed by atoms with Crippen LogP contribution < -0.4 is 4.74 Å². The summed E-state index contributed by atoms with van der Waals surface area (Å²) in [6, 6.07) is 7.35. The normalized spacial score (nSPS) is 9.50. The molecule has 0 aliphatic carbocycles. The molecule has 0 amide bonds. The van der Waals surface area contributed by atoms with Crippen LogP contribution in [0.25, 0.3) is 0 Å². The number of esters is 1. The second-order valence-corrected chi connectivity index (χ2v) is 2.45. The SMILES string of the molecule is C[CH]c1ccc(OC(C)=O)cc1. The van der Waals surface area contributed by atoms with E-state index in [0.29, 0.717) is 5.75 Å². The first-order valence-electron chi connectivity index (χ1n) is 3.80. The van der Waals surface area contributed by atoms with Crippen molar-refractivity contribution < 1.29 is 9.53 Å². The van der Waals surface area contributed by atoms with Gasteiger partial charge in [-0.1, -0.05) is 19.1 Å². The third kappa shape index (κ3) is 2.38. The molecule has 0 saturated carbocycles. The Balaban J connectivity index is 2.71. The fourth-order valence-electron chi connectivity index (χ4n) is 0.894. The molecule has 2 nitrogen and oxygen atoms in total. The molecule has 1 aromatic rings. The van der Waals surface area contributed by atoms with E-state index in [-0.39, 0.29) is 5.97 Å². The van der Waals surface area contributed by atoms with Crippen LogP contribution in [0.5, 0.6) is 5.75 Å². The Hall–Kier alpha value is -1.31. The summed E-state index contributed by atoms with van der Waals surface area (Å²) < 4.78 is 4.86. The minimum absolute atomic E-state index is 0.289. The zero-order chi connectivity index (χ0) is 8.97. The highest BCUT2D eigenvalue weighted by molar-refractivity contribution is 5.69. The molecule has 12 heavy (non-hydrogen) atoms. The maximum atomic E-state index is 10.5. The van der Waals surface area contributed by atoms with E-state index in [9.17, 15) is 4.79 Å². The Labute approximate surface area is 72.2 Å². The Morgan fingerprint density at radius 1 is 1.33 bits per heavy atom. The molecule has 1 aromatic carbocycles. The second kappa shape index (κ2) is 3.90. The predicted molar refractivity (Wildman–Crippen MR) is 46.8 cm³/mol. The van der Waals surface area contributed by atoms with Crippen molar-refractivity contribution in [1.82, 2.24) is 0 Å². The third-order valence-corrected chi connectivity index (χ3v) is 1.48. The zero-order valence-corrected chi connectivity index (χ0v) is 7.20. The highest BCUT2D eigenvalue weighted by atomic mass is 16.5. The molecular formula is C10H11O2. The molecule has 63 valence electrons. The van der Waals surface area contributed by atoms with Crippen LogP contribution in [-0.2, 0) is 4.79 Å². The van der Waals surface area contributed by atoms with E-state index in [1.165, 1.54) is 6.92 Å². The van der Waals surface area contributed by atoms with Gasteiger partial charge in [-0.3, -0.25) is 4.79 Å². The van der Waals surface area contributed by atoms with Crippen LogP contribution in [-0.4, -0.2) is 5.97 Å². The number of carbonyl (C=O) groups excluding carboxylic acids is 1. The van der Waals surface area contributed by atoms with Gasteiger partial charge in [0.1, 0.15) is 5.75 Å². The van der Waals surface area contributed by atoms with E-state index < -0.39 is 0 Å². The number of benzene rings is 1. The number of carbonyl (C=O) groups is 1. The van der Waals surface area contributed by atoms with Gasteiger partial charge in [0.05, 0.1) is 0 Å². The van der Waals surface area contributed by atoms with Crippen LogP contribution in [0, 0.1) is 6.42 Å². The van der Waals surface area contributed by atoms with Crippen LogP contribution in [0.3, 0.4) is 0 Å². The van der Waals surface area contributed by atoms with Crippen molar-refractivity contribution in [2.75, 3.05) is 0 Å². The summed E-state index contributed by atoms with van der Waals surface area (Å²) in [5.74, 6) is 0.302. The van der Waals surface area contributed by atoms with E-state index in [1.54, 1.807) is 12.1 Å².